The van der Waals surface area contributed by atoms with Crippen LogP contribution in [0.15, 0.2) is 152 Å². The van der Waals surface area contributed by atoms with Gasteiger partial charge in [0, 0.05) is 29.7 Å². The summed E-state index contributed by atoms with van der Waals surface area (Å²) in [6.45, 7) is 2.09. The summed E-state index contributed by atoms with van der Waals surface area (Å²) >= 11 is 0. The van der Waals surface area contributed by atoms with Crippen LogP contribution < -0.4 is 0 Å². The average molecular weight is 549 g/mol. The molecule has 0 atom stereocenters. The molecule has 0 aliphatic rings. The number of rotatable bonds is 4. The summed E-state index contributed by atoms with van der Waals surface area (Å²) in [7, 11) is 0. The highest BCUT2D eigenvalue weighted by Gasteiger charge is 2.16. The molecule has 2 heterocycles. The van der Waals surface area contributed by atoms with E-state index in [1.165, 1.54) is 60.1 Å². The summed E-state index contributed by atoms with van der Waals surface area (Å²) < 4.78 is 0. The molecule has 0 radical (unpaired) electrons. The van der Waals surface area contributed by atoms with E-state index in [9.17, 15) is 0 Å². The van der Waals surface area contributed by atoms with Gasteiger partial charge in [-0.25, -0.2) is 0 Å². The summed E-state index contributed by atoms with van der Waals surface area (Å²) in [5, 5.41) is 7.50. The quantitative estimate of drug-likeness (QED) is 0.204. The normalized spacial score (nSPS) is 11.4. The van der Waals surface area contributed by atoms with Gasteiger partial charge in [0.2, 0.25) is 0 Å². The number of fused-ring (bicyclic) bond motifs is 3. The average Bonchev–Trinajstić information content (AvgIpc) is 3.07. The summed E-state index contributed by atoms with van der Waals surface area (Å²) in [5.41, 5.74) is 10.4. The SMILES string of the molecule is Cc1ccncc1-c1ccc(-c2ccc3ccc(-c4c5ccccc5c(-c5ccccc5)c5ccccc45)cc3c2)cn1. The summed E-state index contributed by atoms with van der Waals surface area (Å²) in [5.74, 6) is 0. The minimum atomic E-state index is 0.940. The zero-order chi connectivity index (χ0) is 28.8. The highest BCUT2D eigenvalue weighted by Crippen LogP contribution is 2.44. The van der Waals surface area contributed by atoms with Crippen LogP contribution in [0.4, 0.5) is 0 Å². The first kappa shape index (κ1) is 25.1. The Kier molecular flexibility index (Phi) is 6.05. The highest BCUT2D eigenvalue weighted by atomic mass is 14.7. The molecule has 8 aromatic rings. The van der Waals surface area contributed by atoms with E-state index in [1.54, 1.807) is 0 Å². The van der Waals surface area contributed by atoms with E-state index in [0.29, 0.717) is 0 Å². The molecule has 0 fully saturated rings. The molecule has 2 aromatic heterocycles. The number of hydrogen-bond acceptors (Lipinski definition) is 2. The van der Waals surface area contributed by atoms with Gasteiger partial charge < -0.3 is 0 Å². The van der Waals surface area contributed by atoms with Gasteiger partial charge in [0.15, 0.2) is 0 Å². The fraction of sp³-hybridized carbons (Fsp3) is 0.0244. The first-order valence-corrected chi connectivity index (χ1v) is 14.6. The maximum Gasteiger partial charge on any atom is 0.0720 e. The standard InChI is InChI=1S/C41H28N2/c1-27-21-22-42-26-38(27)39-20-19-32(25-43-39)30-17-15-28-16-18-31(24-33(28)23-30)41-36-13-7-5-11-34(36)40(29-9-3-2-4-10-29)35-12-6-8-14-37(35)41/h2-26H,1H3. The minimum absolute atomic E-state index is 0.940. The molecule has 43 heavy (non-hydrogen) atoms. The van der Waals surface area contributed by atoms with Gasteiger partial charge in [-0.15, -0.1) is 0 Å². The minimum Gasteiger partial charge on any atom is -0.264 e. The second kappa shape index (κ2) is 10.3. The third kappa shape index (κ3) is 4.36. The maximum absolute atomic E-state index is 4.79. The second-order valence-corrected chi connectivity index (χ2v) is 11.1. The van der Waals surface area contributed by atoms with Crippen LogP contribution in [0.2, 0.25) is 0 Å². The highest BCUT2D eigenvalue weighted by molar-refractivity contribution is 6.21. The first-order chi connectivity index (χ1) is 21.2. The van der Waals surface area contributed by atoms with Crippen molar-refractivity contribution in [2.75, 3.05) is 0 Å². The van der Waals surface area contributed by atoms with Crippen LogP contribution in [0.1, 0.15) is 5.56 Å². The molecule has 0 unspecified atom stereocenters. The van der Waals surface area contributed by atoms with Crippen molar-refractivity contribution in [3.63, 3.8) is 0 Å². The predicted molar refractivity (Wildman–Crippen MR) is 181 cm³/mol. The van der Waals surface area contributed by atoms with Crippen molar-refractivity contribution in [3.8, 4) is 44.6 Å². The van der Waals surface area contributed by atoms with E-state index >= 15 is 0 Å². The number of aryl methyl sites for hydroxylation is 1. The van der Waals surface area contributed by atoms with E-state index in [2.05, 4.69) is 139 Å². The van der Waals surface area contributed by atoms with E-state index in [1.807, 2.05) is 24.7 Å². The van der Waals surface area contributed by atoms with Crippen LogP contribution in [-0.4, -0.2) is 9.97 Å². The Morgan fingerprint density at radius 2 is 1.02 bits per heavy atom. The lowest BCUT2D eigenvalue weighted by atomic mass is 9.85. The Labute approximate surface area is 251 Å². The number of benzene rings is 6. The lowest BCUT2D eigenvalue weighted by Gasteiger charge is -2.18. The zero-order valence-electron chi connectivity index (χ0n) is 23.8. The van der Waals surface area contributed by atoms with Crippen LogP contribution in [0, 0.1) is 6.92 Å². The maximum atomic E-state index is 4.79. The Morgan fingerprint density at radius 3 is 1.65 bits per heavy atom. The molecule has 0 aliphatic carbocycles. The summed E-state index contributed by atoms with van der Waals surface area (Å²) in [6.07, 6.45) is 5.67. The zero-order valence-corrected chi connectivity index (χ0v) is 23.8. The second-order valence-electron chi connectivity index (χ2n) is 11.1. The lowest BCUT2D eigenvalue weighted by molar-refractivity contribution is 1.25. The van der Waals surface area contributed by atoms with Gasteiger partial charge in [0.05, 0.1) is 5.69 Å². The largest absolute Gasteiger partial charge is 0.264 e. The van der Waals surface area contributed by atoms with Crippen LogP contribution in [0.5, 0.6) is 0 Å². The molecule has 0 aliphatic heterocycles. The first-order valence-electron chi connectivity index (χ1n) is 14.6. The van der Waals surface area contributed by atoms with Gasteiger partial charge in [0.25, 0.3) is 0 Å². The van der Waals surface area contributed by atoms with Crippen LogP contribution in [0.25, 0.3) is 77.0 Å². The predicted octanol–water partition coefficient (Wildman–Crippen LogP) is 10.9. The molecular weight excluding hydrogens is 520 g/mol. The molecule has 2 nitrogen and oxygen atoms in total. The third-order valence-corrected chi connectivity index (χ3v) is 8.53. The molecular formula is C41H28N2. The number of aromatic nitrogens is 2. The van der Waals surface area contributed by atoms with Crippen molar-refractivity contribution < 1.29 is 0 Å². The molecule has 0 amide bonds. The summed E-state index contributed by atoms with van der Waals surface area (Å²) in [4.78, 5) is 9.08. The van der Waals surface area contributed by atoms with E-state index in [0.717, 1.165) is 22.4 Å². The van der Waals surface area contributed by atoms with Gasteiger partial charge in [-0.3, -0.25) is 9.97 Å². The van der Waals surface area contributed by atoms with Gasteiger partial charge in [-0.05, 0) is 96.9 Å². The van der Waals surface area contributed by atoms with E-state index < -0.39 is 0 Å². The molecule has 0 bridgehead atoms. The Bertz CT molecular complexity index is 2230. The van der Waals surface area contributed by atoms with Crippen molar-refractivity contribution in [2.24, 2.45) is 0 Å². The van der Waals surface area contributed by atoms with Crippen LogP contribution in [0.3, 0.4) is 0 Å². The van der Waals surface area contributed by atoms with Crippen molar-refractivity contribution in [2.45, 2.75) is 6.92 Å². The van der Waals surface area contributed by atoms with Crippen LogP contribution >= 0.6 is 0 Å². The molecule has 0 saturated carbocycles. The van der Waals surface area contributed by atoms with E-state index in [-0.39, 0.29) is 0 Å². The van der Waals surface area contributed by atoms with E-state index in [4.69, 9.17) is 4.98 Å². The molecule has 0 spiro atoms. The van der Waals surface area contributed by atoms with Gasteiger partial charge in [0.1, 0.15) is 0 Å². The van der Waals surface area contributed by atoms with Crippen molar-refractivity contribution in [1.82, 2.24) is 9.97 Å². The fourth-order valence-corrected chi connectivity index (χ4v) is 6.39. The molecule has 2 heteroatoms. The topological polar surface area (TPSA) is 25.8 Å². The fourth-order valence-electron chi connectivity index (χ4n) is 6.39. The molecule has 0 saturated heterocycles. The van der Waals surface area contributed by atoms with Crippen molar-refractivity contribution in [3.05, 3.63) is 158 Å². The number of hydrogen-bond donors (Lipinski definition) is 0. The monoisotopic (exact) mass is 548 g/mol. The summed E-state index contributed by atoms with van der Waals surface area (Å²) in [6, 6.07) is 48.2. The van der Waals surface area contributed by atoms with Crippen molar-refractivity contribution in [1.29, 1.82) is 0 Å². The Morgan fingerprint density at radius 1 is 0.442 bits per heavy atom. The molecule has 8 rings (SSSR count). The Hall–Kier alpha value is -5.60. The molecule has 6 aromatic carbocycles. The molecule has 202 valence electrons. The van der Waals surface area contributed by atoms with Gasteiger partial charge in [-0.1, -0.05) is 109 Å². The smallest absolute Gasteiger partial charge is 0.0720 e. The van der Waals surface area contributed by atoms with Crippen LogP contribution in [-0.2, 0) is 0 Å². The number of nitrogens with zero attached hydrogens (tertiary/aromatic N) is 2. The van der Waals surface area contributed by atoms with Gasteiger partial charge in [-0.2, -0.15) is 0 Å². The lowest BCUT2D eigenvalue weighted by Crippen LogP contribution is -1.91. The molecule has 0 N–H and O–H groups in total. The number of pyridine rings is 2. The van der Waals surface area contributed by atoms with Gasteiger partial charge >= 0.3 is 0 Å². The third-order valence-electron chi connectivity index (χ3n) is 8.53. The van der Waals surface area contributed by atoms with Crippen molar-refractivity contribution >= 4 is 32.3 Å². The Balaban J connectivity index is 1.28.